The average molecular weight is 350 g/mol. The van der Waals surface area contributed by atoms with Gasteiger partial charge in [-0.25, -0.2) is 0 Å². The van der Waals surface area contributed by atoms with Crippen LogP contribution in [0.25, 0.3) is 10.9 Å². The van der Waals surface area contributed by atoms with Crippen LogP contribution < -0.4 is 0 Å². The lowest BCUT2D eigenvalue weighted by molar-refractivity contribution is 0.470. The highest BCUT2D eigenvalue weighted by atomic mass is 127. The minimum atomic E-state index is 0.232. The lowest BCUT2D eigenvalue weighted by Gasteiger charge is -2.02. The molecule has 0 spiro atoms. The summed E-state index contributed by atoms with van der Waals surface area (Å²) in [6.07, 6.45) is 1.47. The summed E-state index contributed by atoms with van der Waals surface area (Å²) < 4.78 is 1.84. The van der Waals surface area contributed by atoms with Crippen molar-refractivity contribution in [1.29, 1.82) is 0 Å². The number of hydrogen-bond donors (Lipinski definition) is 1. The van der Waals surface area contributed by atoms with Crippen LogP contribution in [0.3, 0.4) is 0 Å². The molecular formula is C9H5BrINO. The summed E-state index contributed by atoms with van der Waals surface area (Å²) in [5.41, 5.74) is 0.886. The summed E-state index contributed by atoms with van der Waals surface area (Å²) in [6.45, 7) is 0. The Balaban J connectivity index is 2.87. The summed E-state index contributed by atoms with van der Waals surface area (Å²) in [5, 5.41) is 10.4. The zero-order valence-electron chi connectivity index (χ0n) is 6.46. The standard InChI is InChI=1S/C9H5BrINO/c10-5-1-2-6-7(3-5)12-4-8(13)9(6)11/h1-4,13H. The van der Waals surface area contributed by atoms with Crippen molar-refractivity contribution in [3.63, 3.8) is 0 Å². The highest BCUT2D eigenvalue weighted by Crippen LogP contribution is 2.28. The summed E-state index contributed by atoms with van der Waals surface area (Å²) in [6, 6.07) is 5.80. The number of pyridine rings is 1. The first-order valence-electron chi connectivity index (χ1n) is 3.61. The van der Waals surface area contributed by atoms with Crippen molar-refractivity contribution in [1.82, 2.24) is 4.98 Å². The molecule has 0 radical (unpaired) electrons. The van der Waals surface area contributed by atoms with E-state index in [1.165, 1.54) is 6.20 Å². The van der Waals surface area contributed by atoms with E-state index in [-0.39, 0.29) is 5.75 Å². The van der Waals surface area contributed by atoms with Crippen molar-refractivity contribution in [3.8, 4) is 5.75 Å². The van der Waals surface area contributed by atoms with E-state index in [2.05, 4.69) is 43.5 Å². The topological polar surface area (TPSA) is 33.1 Å². The highest BCUT2D eigenvalue weighted by molar-refractivity contribution is 14.1. The van der Waals surface area contributed by atoms with E-state index in [4.69, 9.17) is 0 Å². The molecule has 0 aliphatic rings. The molecule has 4 heteroatoms. The van der Waals surface area contributed by atoms with Crippen LogP contribution in [0.1, 0.15) is 0 Å². The Morgan fingerprint density at radius 2 is 2.15 bits per heavy atom. The molecule has 0 atom stereocenters. The quantitative estimate of drug-likeness (QED) is 0.740. The highest BCUT2D eigenvalue weighted by Gasteiger charge is 2.04. The third-order valence-corrected chi connectivity index (χ3v) is 3.37. The number of halogens is 2. The molecule has 0 aliphatic heterocycles. The largest absolute Gasteiger partial charge is 0.505 e. The first kappa shape index (κ1) is 9.21. The second-order valence-corrected chi connectivity index (χ2v) is 4.61. The lowest BCUT2D eigenvalue weighted by Crippen LogP contribution is -1.83. The van der Waals surface area contributed by atoms with Gasteiger partial charge in [-0.05, 0) is 34.7 Å². The van der Waals surface area contributed by atoms with Crippen molar-refractivity contribution >= 4 is 49.4 Å². The minimum absolute atomic E-state index is 0.232. The molecule has 0 bridgehead atoms. The lowest BCUT2D eigenvalue weighted by atomic mass is 10.2. The van der Waals surface area contributed by atoms with E-state index >= 15 is 0 Å². The Hall–Kier alpha value is -0.360. The molecule has 66 valence electrons. The van der Waals surface area contributed by atoms with E-state index in [0.29, 0.717) is 0 Å². The van der Waals surface area contributed by atoms with Gasteiger partial charge in [0.2, 0.25) is 0 Å². The van der Waals surface area contributed by atoms with Crippen LogP contribution >= 0.6 is 38.5 Å². The molecule has 0 amide bonds. The average Bonchev–Trinajstić information content (AvgIpc) is 2.12. The van der Waals surface area contributed by atoms with Gasteiger partial charge in [0.15, 0.2) is 0 Å². The molecule has 1 heterocycles. The number of nitrogens with zero attached hydrogens (tertiary/aromatic N) is 1. The minimum Gasteiger partial charge on any atom is -0.505 e. The summed E-state index contributed by atoms with van der Waals surface area (Å²) in [7, 11) is 0. The fraction of sp³-hybridized carbons (Fsp3) is 0. The zero-order chi connectivity index (χ0) is 9.42. The van der Waals surface area contributed by atoms with E-state index in [9.17, 15) is 5.11 Å². The molecule has 0 saturated heterocycles. The van der Waals surface area contributed by atoms with Crippen molar-refractivity contribution in [3.05, 3.63) is 32.4 Å². The van der Waals surface area contributed by atoms with Gasteiger partial charge in [-0.15, -0.1) is 0 Å². The number of benzene rings is 1. The molecule has 0 fully saturated rings. The van der Waals surface area contributed by atoms with Gasteiger partial charge in [-0.3, -0.25) is 4.98 Å². The van der Waals surface area contributed by atoms with Gasteiger partial charge >= 0.3 is 0 Å². The van der Waals surface area contributed by atoms with Gasteiger partial charge in [0, 0.05) is 9.86 Å². The van der Waals surface area contributed by atoms with Crippen LogP contribution in [0, 0.1) is 3.57 Å². The second kappa shape index (κ2) is 3.42. The Labute approximate surface area is 97.3 Å². The van der Waals surface area contributed by atoms with E-state index in [1.807, 2.05) is 18.2 Å². The molecular weight excluding hydrogens is 345 g/mol. The first-order valence-corrected chi connectivity index (χ1v) is 5.48. The Bertz CT molecular complexity index is 472. The summed E-state index contributed by atoms with van der Waals surface area (Å²) in [5.74, 6) is 0.232. The zero-order valence-corrected chi connectivity index (χ0v) is 10.2. The third-order valence-electron chi connectivity index (χ3n) is 1.75. The Morgan fingerprint density at radius 3 is 2.92 bits per heavy atom. The predicted molar refractivity (Wildman–Crippen MR) is 63.8 cm³/mol. The smallest absolute Gasteiger partial charge is 0.147 e. The molecule has 0 unspecified atom stereocenters. The van der Waals surface area contributed by atoms with Crippen molar-refractivity contribution < 1.29 is 5.11 Å². The molecule has 1 N–H and O–H groups in total. The molecule has 0 aliphatic carbocycles. The predicted octanol–water partition coefficient (Wildman–Crippen LogP) is 3.31. The molecule has 0 saturated carbocycles. The molecule has 2 rings (SSSR count). The Morgan fingerprint density at radius 1 is 1.38 bits per heavy atom. The number of rotatable bonds is 0. The van der Waals surface area contributed by atoms with Crippen molar-refractivity contribution in [2.45, 2.75) is 0 Å². The number of aromatic nitrogens is 1. The van der Waals surface area contributed by atoms with Gasteiger partial charge in [0.25, 0.3) is 0 Å². The van der Waals surface area contributed by atoms with E-state index in [1.54, 1.807) is 0 Å². The molecule has 1 aromatic carbocycles. The van der Waals surface area contributed by atoms with Crippen LogP contribution in [-0.2, 0) is 0 Å². The number of hydrogen-bond acceptors (Lipinski definition) is 2. The van der Waals surface area contributed by atoms with Gasteiger partial charge in [-0.1, -0.05) is 22.0 Å². The summed E-state index contributed by atoms with van der Waals surface area (Å²) in [4.78, 5) is 4.12. The molecule has 2 aromatic rings. The Kier molecular flexibility index (Phi) is 2.42. The van der Waals surface area contributed by atoms with Crippen LogP contribution in [0.2, 0.25) is 0 Å². The summed E-state index contributed by atoms with van der Waals surface area (Å²) >= 11 is 5.48. The molecule has 13 heavy (non-hydrogen) atoms. The number of aromatic hydroxyl groups is 1. The fourth-order valence-electron chi connectivity index (χ4n) is 1.12. The van der Waals surface area contributed by atoms with Gasteiger partial charge < -0.3 is 5.11 Å². The van der Waals surface area contributed by atoms with Crippen LogP contribution in [0.5, 0.6) is 5.75 Å². The third kappa shape index (κ3) is 1.65. The normalized spacial score (nSPS) is 10.6. The van der Waals surface area contributed by atoms with Gasteiger partial charge in [-0.2, -0.15) is 0 Å². The maximum Gasteiger partial charge on any atom is 0.147 e. The van der Waals surface area contributed by atoms with E-state index < -0.39 is 0 Å². The van der Waals surface area contributed by atoms with Crippen LogP contribution in [-0.4, -0.2) is 10.1 Å². The maximum atomic E-state index is 9.40. The molecule has 2 nitrogen and oxygen atoms in total. The maximum absolute atomic E-state index is 9.40. The van der Waals surface area contributed by atoms with Gasteiger partial charge in [0.05, 0.1) is 15.3 Å². The SMILES string of the molecule is Oc1cnc2cc(Br)ccc2c1I. The fourth-order valence-corrected chi connectivity index (χ4v) is 2.07. The van der Waals surface area contributed by atoms with Crippen molar-refractivity contribution in [2.75, 3.05) is 0 Å². The van der Waals surface area contributed by atoms with E-state index in [0.717, 1.165) is 18.9 Å². The van der Waals surface area contributed by atoms with Crippen molar-refractivity contribution in [2.24, 2.45) is 0 Å². The number of fused-ring (bicyclic) bond motifs is 1. The first-order chi connectivity index (χ1) is 6.18. The van der Waals surface area contributed by atoms with Crippen LogP contribution in [0.4, 0.5) is 0 Å². The monoisotopic (exact) mass is 349 g/mol. The van der Waals surface area contributed by atoms with Crippen LogP contribution in [0.15, 0.2) is 28.9 Å². The van der Waals surface area contributed by atoms with Gasteiger partial charge in [0.1, 0.15) is 5.75 Å². The second-order valence-electron chi connectivity index (χ2n) is 2.62. The molecule has 1 aromatic heterocycles.